The third-order valence-corrected chi connectivity index (χ3v) is 13.7. The van der Waals surface area contributed by atoms with Gasteiger partial charge in [-0.25, -0.2) is 18.4 Å². The van der Waals surface area contributed by atoms with Gasteiger partial charge in [0.25, 0.3) is 15.7 Å². The molecule has 6 aromatic rings. The molecule has 2 aliphatic heterocycles. The number of hydrogen-bond acceptors (Lipinski definition) is 11. The normalized spacial score (nSPS) is 15.4. The Balaban J connectivity index is 0.939. The van der Waals surface area contributed by atoms with E-state index in [1.54, 1.807) is 11.8 Å². The molecule has 2 N–H and O–H groups in total. The average molecular weight is 849 g/mol. The van der Waals surface area contributed by atoms with Crippen LogP contribution in [0.1, 0.15) is 18.4 Å². The number of likely N-dealkylation sites (tertiary alicyclic amines) is 1. The predicted molar refractivity (Wildman–Crippen MR) is 238 cm³/mol. The molecule has 2 aliphatic rings. The van der Waals surface area contributed by atoms with E-state index in [4.69, 9.17) is 11.6 Å². The van der Waals surface area contributed by atoms with Crippen LogP contribution < -0.4 is 14.9 Å². The summed E-state index contributed by atoms with van der Waals surface area (Å²) in [5, 5.41) is 17.0. The van der Waals surface area contributed by atoms with Crippen LogP contribution in [-0.2, 0) is 16.6 Å². The number of nitrogens with zero attached hydrogens (tertiary/aromatic N) is 6. The van der Waals surface area contributed by atoms with Gasteiger partial charge in [0.1, 0.15) is 12.0 Å². The number of nitro groups is 1. The fourth-order valence-electron chi connectivity index (χ4n) is 7.53. The van der Waals surface area contributed by atoms with Crippen LogP contribution in [0.2, 0.25) is 5.02 Å². The summed E-state index contributed by atoms with van der Waals surface area (Å²) in [6.45, 7) is 7.06. The number of anilines is 3. The molecule has 3 heterocycles. The van der Waals surface area contributed by atoms with E-state index in [2.05, 4.69) is 59.0 Å². The summed E-state index contributed by atoms with van der Waals surface area (Å²) in [4.78, 5) is 28.5. The van der Waals surface area contributed by atoms with Crippen molar-refractivity contribution in [3.63, 3.8) is 0 Å². The van der Waals surface area contributed by atoms with Gasteiger partial charge in [-0.2, -0.15) is 0 Å². The van der Waals surface area contributed by atoms with Gasteiger partial charge in [-0.05, 0) is 97.2 Å². The maximum atomic E-state index is 13.8. The van der Waals surface area contributed by atoms with E-state index in [1.807, 2.05) is 72.8 Å². The Bertz CT molecular complexity index is 2520. The molecular weight excluding hydrogens is 804 g/mol. The highest BCUT2D eigenvalue weighted by Crippen LogP contribution is 2.33. The monoisotopic (exact) mass is 848 g/mol. The number of thioether (sulfide) groups is 1. The fourth-order valence-corrected chi connectivity index (χ4v) is 9.77. The van der Waals surface area contributed by atoms with Crippen molar-refractivity contribution in [2.75, 3.05) is 66.5 Å². The molecule has 5 aromatic carbocycles. The van der Waals surface area contributed by atoms with Gasteiger partial charge in [0, 0.05) is 78.1 Å². The molecule has 0 spiro atoms. The first-order valence-electron chi connectivity index (χ1n) is 19.7. The third-order valence-electron chi connectivity index (χ3n) is 10.9. The molecule has 8 rings (SSSR count). The summed E-state index contributed by atoms with van der Waals surface area (Å²) in [5.74, 6) is 0.783. The first-order chi connectivity index (χ1) is 28.7. The molecule has 59 heavy (non-hydrogen) atoms. The highest BCUT2D eigenvalue weighted by Gasteiger charge is 2.26. The number of piperazine rings is 1. The van der Waals surface area contributed by atoms with Gasteiger partial charge >= 0.3 is 0 Å². The quantitative estimate of drug-likeness (QED) is 0.0550. The number of nitro benzene ring substituents is 1. The minimum absolute atomic E-state index is 0.0803. The minimum Gasteiger partial charge on any atom is -0.376 e. The number of benzene rings is 5. The topological polar surface area (TPSA) is 137 Å². The lowest BCUT2D eigenvalue weighted by atomic mass is 9.99. The fraction of sp³-hybridized carbons (Fsp3) is 0.273. The molecular formula is C44H45ClN8O4S2. The standard InChI is InChI=1S/C44H45ClN8O4S2/c45-34-12-15-39(32-8-3-1-4-9-32)33(26-34)29-51-22-24-52(25-23-51)36-13-16-40-42(27-36)46-31-47-44(40)49-59(56,57)38-14-17-41(43(28-38)53(54)55)48-35(18-21-50-19-7-20-50)30-58-37-10-5-2-6-11-37/h1-6,8-17,26-28,31,35,48H,7,18-25,29-30H2,(H,46,47,49). The van der Waals surface area contributed by atoms with Gasteiger partial charge < -0.3 is 15.1 Å². The van der Waals surface area contributed by atoms with E-state index in [0.717, 1.165) is 86.0 Å². The molecule has 2 fully saturated rings. The molecule has 15 heteroatoms. The van der Waals surface area contributed by atoms with Crippen molar-refractivity contribution >= 4 is 67.2 Å². The minimum atomic E-state index is -4.26. The van der Waals surface area contributed by atoms with Crippen LogP contribution in [0.4, 0.5) is 22.9 Å². The van der Waals surface area contributed by atoms with Crippen LogP contribution in [0.15, 0.2) is 131 Å². The molecule has 1 unspecified atom stereocenters. The van der Waals surface area contributed by atoms with Crippen LogP contribution >= 0.6 is 23.4 Å². The molecule has 2 saturated heterocycles. The average Bonchev–Trinajstić information content (AvgIpc) is 3.23. The number of sulfonamides is 1. The lowest BCUT2D eigenvalue weighted by Crippen LogP contribution is -2.46. The zero-order valence-electron chi connectivity index (χ0n) is 32.4. The van der Waals surface area contributed by atoms with Crippen molar-refractivity contribution in [1.82, 2.24) is 19.8 Å². The summed E-state index contributed by atoms with van der Waals surface area (Å²) in [6.07, 6.45) is 3.29. The highest BCUT2D eigenvalue weighted by atomic mass is 35.5. The van der Waals surface area contributed by atoms with E-state index >= 15 is 0 Å². The number of nitrogens with one attached hydrogen (secondary N) is 2. The largest absolute Gasteiger partial charge is 0.376 e. The van der Waals surface area contributed by atoms with Gasteiger partial charge in [-0.15, -0.1) is 11.8 Å². The van der Waals surface area contributed by atoms with Crippen LogP contribution in [0, 0.1) is 10.1 Å². The van der Waals surface area contributed by atoms with Gasteiger partial charge in [0.2, 0.25) is 0 Å². The highest BCUT2D eigenvalue weighted by molar-refractivity contribution is 7.99. The molecule has 1 aromatic heterocycles. The van der Waals surface area contributed by atoms with Gasteiger partial charge in [-0.1, -0.05) is 66.2 Å². The van der Waals surface area contributed by atoms with Crippen molar-refractivity contribution in [3.05, 3.63) is 142 Å². The van der Waals surface area contributed by atoms with Crippen LogP contribution in [0.3, 0.4) is 0 Å². The van der Waals surface area contributed by atoms with Crippen molar-refractivity contribution < 1.29 is 13.3 Å². The van der Waals surface area contributed by atoms with Crippen molar-refractivity contribution in [2.45, 2.75) is 35.2 Å². The maximum Gasteiger partial charge on any atom is 0.293 e. The maximum absolute atomic E-state index is 13.8. The van der Waals surface area contributed by atoms with E-state index in [-0.39, 0.29) is 28.1 Å². The van der Waals surface area contributed by atoms with Gasteiger partial charge in [0.15, 0.2) is 5.82 Å². The molecule has 0 radical (unpaired) electrons. The summed E-state index contributed by atoms with van der Waals surface area (Å²) >= 11 is 8.11. The molecule has 0 aliphatic carbocycles. The zero-order valence-corrected chi connectivity index (χ0v) is 34.8. The Hall–Kier alpha value is -5.25. The van der Waals surface area contributed by atoms with Crippen LogP contribution in [-0.4, -0.2) is 90.7 Å². The number of fused-ring (bicyclic) bond motifs is 1. The lowest BCUT2D eigenvalue weighted by Gasteiger charge is -2.36. The molecule has 0 amide bonds. The first-order valence-corrected chi connectivity index (χ1v) is 22.6. The van der Waals surface area contributed by atoms with Crippen molar-refractivity contribution in [1.29, 1.82) is 0 Å². The second kappa shape index (κ2) is 18.3. The van der Waals surface area contributed by atoms with E-state index < -0.39 is 14.9 Å². The van der Waals surface area contributed by atoms with Crippen molar-refractivity contribution in [3.8, 4) is 11.1 Å². The Morgan fingerprint density at radius 3 is 2.32 bits per heavy atom. The molecule has 304 valence electrons. The Kier molecular flexibility index (Phi) is 12.6. The smallest absolute Gasteiger partial charge is 0.293 e. The SMILES string of the molecule is O=[N+]([O-])c1cc(S(=O)(=O)Nc2ncnc3cc(N4CCN(Cc5cc(Cl)ccc5-c5ccccc5)CC4)ccc23)ccc1NC(CCN1CCC1)CSc1ccccc1. The molecule has 0 bridgehead atoms. The first kappa shape index (κ1) is 40.5. The van der Waals surface area contributed by atoms with Crippen LogP contribution in [0.25, 0.3) is 22.0 Å². The van der Waals surface area contributed by atoms with Gasteiger partial charge in [0.05, 0.1) is 15.3 Å². The van der Waals surface area contributed by atoms with Gasteiger partial charge in [-0.3, -0.25) is 19.7 Å². The Morgan fingerprint density at radius 2 is 1.59 bits per heavy atom. The zero-order chi connectivity index (χ0) is 40.8. The Morgan fingerprint density at radius 1 is 0.831 bits per heavy atom. The number of halogens is 1. The lowest BCUT2D eigenvalue weighted by molar-refractivity contribution is -0.384. The molecule has 12 nitrogen and oxygen atoms in total. The summed E-state index contributed by atoms with van der Waals surface area (Å²) in [5.41, 5.74) is 5.04. The summed E-state index contributed by atoms with van der Waals surface area (Å²) < 4.78 is 30.1. The second-order valence-electron chi connectivity index (χ2n) is 14.8. The second-order valence-corrected chi connectivity index (χ2v) is 18.1. The van der Waals surface area contributed by atoms with E-state index in [0.29, 0.717) is 16.7 Å². The number of rotatable bonds is 16. The van der Waals surface area contributed by atoms with Crippen LogP contribution in [0.5, 0.6) is 0 Å². The van der Waals surface area contributed by atoms with Crippen molar-refractivity contribution in [2.24, 2.45) is 0 Å². The number of aromatic nitrogens is 2. The Labute approximate surface area is 353 Å². The summed E-state index contributed by atoms with van der Waals surface area (Å²) in [6, 6.07) is 36.0. The molecule has 1 atom stereocenters. The third kappa shape index (κ3) is 9.97. The van der Waals surface area contributed by atoms with E-state index in [1.165, 1.54) is 36.0 Å². The molecule has 0 saturated carbocycles. The number of hydrogen-bond donors (Lipinski definition) is 2. The predicted octanol–water partition coefficient (Wildman–Crippen LogP) is 8.65. The van der Waals surface area contributed by atoms with E-state index in [9.17, 15) is 18.5 Å². The summed E-state index contributed by atoms with van der Waals surface area (Å²) in [7, 11) is -4.26.